The molecule has 1 N–H and O–H groups in total. The molecule has 0 unspecified atom stereocenters. The lowest BCUT2D eigenvalue weighted by atomic mass is 10.3. The number of allylic oxidation sites excluding steroid dienone is 2. The molecule has 0 bridgehead atoms. The van der Waals surface area contributed by atoms with Gasteiger partial charge in [-0.2, -0.15) is 0 Å². The molecule has 0 aromatic rings. The molecule has 0 spiro atoms. The molecule has 0 fully saturated rings. The topological polar surface area (TPSA) is 38.3 Å². The van der Waals surface area contributed by atoms with Crippen LogP contribution in [0.5, 0.6) is 0 Å². The predicted molar refractivity (Wildman–Crippen MR) is 39.4 cm³/mol. The van der Waals surface area contributed by atoms with Crippen LogP contribution >= 0.6 is 0 Å². The third-order valence-corrected chi connectivity index (χ3v) is 0.915. The SMILES string of the molecule is COCN/C(C)=C/C(C)=O. The van der Waals surface area contributed by atoms with E-state index in [1.807, 2.05) is 6.92 Å². The number of rotatable bonds is 4. The quantitative estimate of drug-likeness (QED) is 0.464. The van der Waals surface area contributed by atoms with Crippen molar-refractivity contribution in [3.8, 4) is 0 Å². The summed E-state index contributed by atoms with van der Waals surface area (Å²) in [5, 5.41) is 2.88. The normalized spacial score (nSPS) is 11.3. The van der Waals surface area contributed by atoms with Gasteiger partial charge in [-0.25, -0.2) is 0 Å². The summed E-state index contributed by atoms with van der Waals surface area (Å²) in [6.45, 7) is 3.77. The minimum absolute atomic E-state index is 0.0427. The van der Waals surface area contributed by atoms with Crippen molar-refractivity contribution >= 4 is 5.78 Å². The number of methoxy groups -OCH3 is 1. The second-order valence-electron chi connectivity index (χ2n) is 2.05. The predicted octanol–water partition coefficient (Wildman–Crippen LogP) is 0.673. The van der Waals surface area contributed by atoms with Crippen molar-refractivity contribution in [2.45, 2.75) is 13.8 Å². The van der Waals surface area contributed by atoms with E-state index < -0.39 is 0 Å². The molecule has 0 aliphatic heterocycles. The Balaban J connectivity index is 3.60. The fourth-order valence-electron chi connectivity index (χ4n) is 0.542. The van der Waals surface area contributed by atoms with Crippen LogP contribution < -0.4 is 5.32 Å². The zero-order chi connectivity index (χ0) is 7.98. The summed E-state index contributed by atoms with van der Waals surface area (Å²) in [7, 11) is 1.59. The highest BCUT2D eigenvalue weighted by atomic mass is 16.5. The summed E-state index contributed by atoms with van der Waals surface area (Å²) < 4.78 is 4.73. The lowest BCUT2D eigenvalue weighted by Gasteiger charge is -2.02. The molecule has 3 heteroatoms. The van der Waals surface area contributed by atoms with Gasteiger partial charge in [-0.15, -0.1) is 0 Å². The highest BCUT2D eigenvalue weighted by molar-refractivity contribution is 5.87. The van der Waals surface area contributed by atoms with E-state index in [1.54, 1.807) is 7.11 Å². The van der Waals surface area contributed by atoms with Crippen molar-refractivity contribution < 1.29 is 9.53 Å². The fraction of sp³-hybridized carbons (Fsp3) is 0.571. The number of carbonyl (C=O) groups is 1. The van der Waals surface area contributed by atoms with Crippen LogP contribution in [0.4, 0.5) is 0 Å². The van der Waals surface area contributed by atoms with Crippen molar-refractivity contribution in [1.82, 2.24) is 5.32 Å². The monoisotopic (exact) mass is 143 g/mol. The molecule has 3 nitrogen and oxygen atoms in total. The first kappa shape index (κ1) is 9.17. The van der Waals surface area contributed by atoms with E-state index in [0.717, 1.165) is 5.70 Å². The maximum absolute atomic E-state index is 10.5. The summed E-state index contributed by atoms with van der Waals surface area (Å²) in [4.78, 5) is 10.5. The summed E-state index contributed by atoms with van der Waals surface area (Å²) in [5.74, 6) is 0.0427. The first-order valence-corrected chi connectivity index (χ1v) is 3.08. The van der Waals surface area contributed by atoms with E-state index in [4.69, 9.17) is 4.74 Å². The van der Waals surface area contributed by atoms with Gasteiger partial charge >= 0.3 is 0 Å². The van der Waals surface area contributed by atoms with Crippen LogP contribution in [0.1, 0.15) is 13.8 Å². The molecule has 0 radical (unpaired) electrons. The van der Waals surface area contributed by atoms with E-state index in [-0.39, 0.29) is 5.78 Å². The molecule has 10 heavy (non-hydrogen) atoms. The van der Waals surface area contributed by atoms with Crippen molar-refractivity contribution in [3.05, 3.63) is 11.8 Å². The van der Waals surface area contributed by atoms with Crippen LogP contribution in [0.25, 0.3) is 0 Å². The zero-order valence-electron chi connectivity index (χ0n) is 6.60. The molecule has 0 saturated heterocycles. The number of hydrogen-bond donors (Lipinski definition) is 1. The van der Waals surface area contributed by atoms with Crippen LogP contribution in [0.3, 0.4) is 0 Å². The van der Waals surface area contributed by atoms with Gasteiger partial charge in [0, 0.05) is 12.8 Å². The molecule has 0 atom stereocenters. The Bertz CT molecular complexity index is 141. The number of ketones is 1. The number of hydrogen-bond acceptors (Lipinski definition) is 3. The lowest BCUT2D eigenvalue weighted by molar-refractivity contribution is -0.112. The number of carbonyl (C=O) groups excluding carboxylic acids is 1. The van der Waals surface area contributed by atoms with Gasteiger partial charge in [0.15, 0.2) is 5.78 Å². The van der Waals surface area contributed by atoms with Crippen molar-refractivity contribution in [2.75, 3.05) is 13.8 Å². The molecule has 0 heterocycles. The fourth-order valence-corrected chi connectivity index (χ4v) is 0.542. The molecule has 0 rings (SSSR count). The van der Waals surface area contributed by atoms with Gasteiger partial charge in [0.25, 0.3) is 0 Å². The first-order valence-electron chi connectivity index (χ1n) is 3.08. The highest BCUT2D eigenvalue weighted by Crippen LogP contribution is 1.85. The third-order valence-electron chi connectivity index (χ3n) is 0.915. The zero-order valence-corrected chi connectivity index (χ0v) is 6.60. The standard InChI is InChI=1S/C7H13NO2/c1-6(4-7(2)9)8-5-10-3/h4,8H,5H2,1-3H3/b6-4+. The molecule has 0 amide bonds. The van der Waals surface area contributed by atoms with Gasteiger partial charge in [-0.05, 0) is 19.9 Å². The molecular weight excluding hydrogens is 130 g/mol. The van der Waals surface area contributed by atoms with Crippen LogP contribution in [-0.4, -0.2) is 19.6 Å². The average molecular weight is 143 g/mol. The number of ether oxygens (including phenoxy) is 1. The smallest absolute Gasteiger partial charge is 0.154 e. The molecule has 0 aromatic heterocycles. The van der Waals surface area contributed by atoms with E-state index in [2.05, 4.69) is 5.32 Å². The Hall–Kier alpha value is -0.830. The summed E-state index contributed by atoms with van der Waals surface area (Å²) in [5.41, 5.74) is 0.828. The Labute approximate surface area is 61.1 Å². The van der Waals surface area contributed by atoms with Gasteiger partial charge in [-0.3, -0.25) is 4.79 Å². The van der Waals surface area contributed by atoms with Gasteiger partial charge in [0.05, 0.1) is 0 Å². The van der Waals surface area contributed by atoms with E-state index in [1.165, 1.54) is 13.0 Å². The van der Waals surface area contributed by atoms with Crippen LogP contribution in [-0.2, 0) is 9.53 Å². The lowest BCUT2D eigenvalue weighted by Crippen LogP contribution is -2.14. The van der Waals surface area contributed by atoms with Gasteiger partial charge < -0.3 is 10.1 Å². The summed E-state index contributed by atoms with van der Waals surface area (Å²) in [6.07, 6.45) is 1.53. The van der Waals surface area contributed by atoms with E-state index >= 15 is 0 Å². The maximum Gasteiger partial charge on any atom is 0.154 e. The average Bonchev–Trinajstić information content (AvgIpc) is 1.82. The Morgan fingerprint density at radius 3 is 2.60 bits per heavy atom. The summed E-state index contributed by atoms with van der Waals surface area (Å²) in [6, 6.07) is 0. The second kappa shape index (κ2) is 4.99. The molecule has 0 saturated carbocycles. The van der Waals surface area contributed by atoms with Crippen molar-refractivity contribution in [1.29, 1.82) is 0 Å². The molecule has 0 aliphatic carbocycles. The number of nitrogens with one attached hydrogen (secondary N) is 1. The van der Waals surface area contributed by atoms with Gasteiger partial charge in [0.2, 0.25) is 0 Å². The van der Waals surface area contributed by atoms with E-state index in [0.29, 0.717) is 6.73 Å². The van der Waals surface area contributed by atoms with Gasteiger partial charge in [0.1, 0.15) is 6.73 Å². The Morgan fingerprint density at radius 2 is 2.20 bits per heavy atom. The van der Waals surface area contributed by atoms with Crippen molar-refractivity contribution in [3.63, 3.8) is 0 Å². The molecule has 58 valence electrons. The Kier molecular flexibility index (Phi) is 4.58. The van der Waals surface area contributed by atoms with Crippen LogP contribution in [0.2, 0.25) is 0 Å². The minimum Gasteiger partial charge on any atom is -0.366 e. The van der Waals surface area contributed by atoms with Gasteiger partial charge in [-0.1, -0.05) is 0 Å². The highest BCUT2D eigenvalue weighted by Gasteiger charge is 1.88. The second-order valence-corrected chi connectivity index (χ2v) is 2.05. The van der Waals surface area contributed by atoms with Crippen molar-refractivity contribution in [2.24, 2.45) is 0 Å². The third kappa shape index (κ3) is 5.31. The molecular formula is C7H13NO2. The first-order chi connectivity index (χ1) is 4.66. The Morgan fingerprint density at radius 1 is 1.60 bits per heavy atom. The minimum atomic E-state index is 0.0427. The molecule has 0 aliphatic rings. The summed E-state index contributed by atoms with van der Waals surface area (Å²) >= 11 is 0. The van der Waals surface area contributed by atoms with E-state index in [9.17, 15) is 4.79 Å². The largest absolute Gasteiger partial charge is 0.366 e. The van der Waals surface area contributed by atoms with Crippen LogP contribution in [0.15, 0.2) is 11.8 Å². The van der Waals surface area contributed by atoms with Crippen LogP contribution in [0, 0.1) is 0 Å². The maximum atomic E-state index is 10.5. The molecule has 0 aromatic carbocycles.